The van der Waals surface area contributed by atoms with Crippen LogP contribution in [0.15, 0.2) is 75.4 Å². The van der Waals surface area contributed by atoms with E-state index in [0.717, 1.165) is 10.0 Å². The lowest BCUT2D eigenvalue weighted by molar-refractivity contribution is -0.136. The Kier molecular flexibility index (Phi) is 11.9. The molecule has 0 spiro atoms. The molecule has 14 heteroatoms. The molecule has 0 fully saturated rings. The van der Waals surface area contributed by atoms with Crippen LogP contribution in [0.25, 0.3) is 0 Å². The van der Waals surface area contributed by atoms with E-state index in [9.17, 15) is 14.7 Å². The fourth-order valence-electron chi connectivity index (χ4n) is 4.35. The van der Waals surface area contributed by atoms with Crippen molar-refractivity contribution in [1.82, 2.24) is 16.1 Å². The van der Waals surface area contributed by atoms with Crippen LogP contribution in [-0.2, 0) is 16.1 Å². The van der Waals surface area contributed by atoms with Gasteiger partial charge in [0.15, 0.2) is 23.5 Å². The zero-order valence-electron chi connectivity index (χ0n) is 24.5. The number of carbonyl (C=O) groups excluding carboxylic acids is 2. The Hall–Kier alpha value is -3.97. The molecule has 238 valence electrons. The summed E-state index contributed by atoms with van der Waals surface area (Å²) in [5, 5.41) is 20.4. The van der Waals surface area contributed by atoms with E-state index >= 15 is 0 Å². The Labute approximate surface area is 278 Å². The van der Waals surface area contributed by atoms with E-state index in [0.29, 0.717) is 57.3 Å². The number of halogens is 3. The molecule has 0 saturated heterocycles. The molecule has 0 aromatic heterocycles. The van der Waals surface area contributed by atoms with Gasteiger partial charge in [-0.05, 0) is 66.9 Å². The molecule has 0 bridgehead atoms. The van der Waals surface area contributed by atoms with E-state index in [4.69, 9.17) is 42.1 Å². The van der Waals surface area contributed by atoms with Crippen molar-refractivity contribution in [2.75, 3.05) is 20.3 Å². The number of benzene rings is 3. The van der Waals surface area contributed by atoms with Gasteiger partial charge in [-0.2, -0.15) is 5.10 Å². The molecule has 2 amide bonds. The summed E-state index contributed by atoms with van der Waals surface area (Å²) in [6.07, 6.45) is 0.261. The molecule has 1 aliphatic rings. The maximum absolute atomic E-state index is 12.4. The van der Waals surface area contributed by atoms with Crippen molar-refractivity contribution in [2.24, 2.45) is 5.10 Å². The number of amides is 2. The molecule has 0 saturated carbocycles. The molecular formula is C31H31BrCl2N4O7. The fourth-order valence-corrected chi connectivity index (χ4v) is 5.23. The molecular weight excluding hydrogens is 691 g/mol. The smallest absolute Gasteiger partial charge is 0.337 e. The molecule has 4 rings (SSSR count). The number of urea groups is 1. The lowest BCUT2D eigenvalue weighted by Crippen LogP contribution is -2.45. The third kappa shape index (κ3) is 9.04. The summed E-state index contributed by atoms with van der Waals surface area (Å²) in [5.74, 6) is 0.463. The Morgan fingerprint density at radius 2 is 1.80 bits per heavy atom. The van der Waals surface area contributed by atoms with Gasteiger partial charge in [0.25, 0.3) is 0 Å². The topological polar surface area (TPSA) is 140 Å². The number of nitrogens with zero attached hydrogens (tertiary/aromatic N) is 1. The highest BCUT2D eigenvalue weighted by Gasteiger charge is 2.32. The van der Waals surface area contributed by atoms with Gasteiger partial charge in [-0.3, -0.25) is 5.43 Å². The lowest BCUT2D eigenvalue weighted by Gasteiger charge is -2.28. The van der Waals surface area contributed by atoms with Gasteiger partial charge >= 0.3 is 12.0 Å². The number of methoxy groups -OCH3 is 1. The summed E-state index contributed by atoms with van der Waals surface area (Å²) in [6, 6.07) is 14.7. The van der Waals surface area contributed by atoms with Gasteiger partial charge in [-0.15, -0.1) is 0 Å². The van der Waals surface area contributed by atoms with Crippen molar-refractivity contribution >= 4 is 57.3 Å². The second-order valence-electron chi connectivity index (χ2n) is 9.64. The highest BCUT2D eigenvalue weighted by Crippen LogP contribution is 2.36. The molecule has 45 heavy (non-hydrogen) atoms. The molecule has 2 atom stereocenters. The first-order valence-electron chi connectivity index (χ1n) is 13.7. The normalized spacial score (nSPS) is 15.3. The van der Waals surface area contributed by atoms with Gasteiger partial charge in [0.1, 0.15) is 13.2 Å². The lowest BCUT2D eigenvalue weighted by atomic mass is 9.95. The number of nitrogens with one attached hydrogen (secondary N) is 3. The zero-order chi connectivity index (χ0) is 32.5. The minimum Gasteiger partial charge on any atom is -0.490 e. The van der Waals surface area contributed by atoms with Crippen molar-refractivity contribution in [3.63, 3.8) is 0 Å². The summed E-state index contributed by atoms with van der Waals surface area (Å²) < 4.78 is 23.2. The van der Waals surface area contributed by atoms with Gasteiger partial charge in [0.05, 0.1) is 41.6 Å². The van der Waals surface area contributed by atoms with Crippen LogP contribution in [0.5, 0.6) is 17.2 Å². The largest absolute Gasteiger partial charge is 0.490 e. The van der Waals surface area contributed by atoms with Gasteiger partial charge in [-0.1, -0.05) is 57.3 Å². The summed E-state index contributed by atoms with van der Waals surface area (Å²) >= 11 is 16.2. The average molecular weight is 722 g/mol. The number of carbonyl (C=O) groups is 2. The number of rotatable bonds is 13. The van der Waals surface area contributed by atoms with Gasteiger partial charge in [0, 0.05) is 10.2 Å². The Morgan fingerprint density at radius 1 is 1.09 bits per heavy atom. The monoisotopic (exact) mass is 720 g/mol. The summed E-state index contributed by atoms with van der Waals surface area (Å²) in [5.41, 5.74) is 5.33. The standard InChI is InChI=1S/C31H31BrCl2N4O7/c1-4-43-25-13-20(28-27(30(40)42-3)17(2)36-31(41)37-28)7-10-24(25)44-16-26(39)38-35-14-19-11-22(33)29(23(34)12-19)45-15-18-5-8-21(32)9-6-18/h5-14,26,28,38-39H,4,15-16H2,1-3H3,(H2,36,37,41)/b35-14-/t26-,28+/m1/s1. The number of hydrogen-bond donors (Lipinski definition) is 4. The zero-order valence-corrected chi connectivity index (χ0v) is 27.6. The van der Waals surface area contributed by atoms with Crippen LogP contribution in [0, 0.1) is 0 Å². The maximum atomic E-state index is 12.4. The summed E-state index contributed by atoms with van der Waals surface area (Å²) in [6.45, 7) is 3.85. The molecule has 0 radical (unpaired) electrons. The number of hydrazone groups is 1. The highest BCUT2D eigenvalue weighted by atomic mass is 79.9. The highest BCUT2D eigenvalue weighted by molar-refractivity contribution is 9.10. The van der Waals surface area contributed by atoms with Gasteiger partial charge in [-0.25, -0.2) is 9.59 Å². The van der Waals surface area contributed by atoms with Crippen LogP contribution in [0.2, 0.25) is 10.0 Å². The molecule has 11 nitrogen and oxygen atoms in total. The average Bonchev–Trinajstić information content (AvgIpc) is 3.00. The van der Waals surface area contributed by atoms with Gasteiger partial charge in [0.2, 0.25) is 0 Å². The minimum absolute atomic E-state index is 0.183. The third-order valence-electron chi connectivity index (χ3n) is 6.43. The Morgan fingerprint density at radius 3 is 2.47 bits per heavy atom. The predicted octanol–water partition coefficient (Wildman–Crippen LogP) is 5.86. The molecule has 3 aromatic carbocycles. The number of allylic oxidation sites excluding steroid dienone is 1. The number of esters is 1. The van der Waals surface area contributed by atoms with Crippen LogP contribution >= 0.6 is 39.1 Å². The quantitative estimate of drug-likeness (QED) is 0.0746. The molecule has 4 N–H and O–H groups in total. The second-order valence-corrected chi connectivity index (χ2v) is 11.4. The summed E-state index contributed by atoms with van der Waals surface area (Å²) in [7, 11) is 1.27. The number of ether oxygens (including phenoxy) is 4. The molecule has 1 aliphatic heterocycles. The maximum Gasteiger partial charge on any atom is 0.337 e. The van der Waals surface area contributed by atoms with E-state index in [1.54, 1.807) is 44.2 Å². The van der Waals surface area contributed by atoms with Gasteiger partial charge < -0.3 is 34.7 Å². The van der Waals surface area contributed by atoms with E-state index in [2.05, 4.69) is 37.1 Å². The Bertz CT molecular complexity index is 1580. The van der Waals surface area contributed by atoms with Crippen LogP contribution < -0.4 is 30.3 Å². The van der Waals surface area contributed by atoms with E-state index < -0.39 is 24.3 Å². The SMILES string of the molecule is CCOc1cc([C@@H]2NC(=O)NC(C)=C2C(=O)OC)ccc1OC[C@@H](O)N/N=C\c1cc(Cl)c(OCc2ccc(Br)cc2)c(Cl)c1. The van der Waals surface area contributed by atoms with Crippen molar-refractivity contribution in [2.45, 2.75) is 32.7 Å². The van der Waals surface area contributed by atoms with E-state index in [-0.39, 0.29) is 12.2 Å². The van der Waals surface area contributed by atoms with Crippen molar-refractivity contribution in [3.05, 3.63) is 97.1 Å². The third-order valence-corrected chi connectivity index (χ3v) is 7.52. The van der Waals surface area contributed by atoms with Crippen molar-refractivity contribution < 1.29 is 33.6 Å². The second kappa shape index (κ2) is 15.8. The van der Waals surface area contributed by atoms with Crippen molar-refractivity contribution in [3.8, 4) is 17.2 Å². The number of hydrogen-bond acceptors (Lipinski definition) is 9. The number of aliphatic hydroxyl groups excluding tert-OH is 1. The first-order chi connectivity index (χ1) is 21.6. The molecule has 3 aromatic rings. The number of aliphatic hydroxyl groups is 1. The first-order valence-corrected chi connectivity index (χ1v) is 15.2. The minimum atomic E-state index is -1.19. The van der Waals surface area contributed by atoms with Crippen LogP contribution in [0.1, 0.15) is 36.6 Å². The molecule has 1 heterocycles. The molecule has 0 aliphatic carbocycles. The Balaban J connectivity index is 1.37. The van der Waals surface area contributed by atoms with Crippen LogP contribution in [0.3, 0.4) is 0 Å². The van der Waals surface area contributed by atoms with Crippen molar-refractivity contribution in [1.29, 1.82) is 0 Å². The molecule has 0 unspecified atom stereocenters. The predicted molar refractivity (Wildman–Crippen MR) is 174 cm³/mol. The van der Waals surface area contributed by atoms with Crippen LogP contribution in [-0.4, -0.2) is 49.9 Å². The van der Waals surface area contributed by atoms with Crippen LogP contribution in [0.4, 0.5) is 4.79 Å². The first kappa shape index (κ1) is 33.9. The summed E-state index contributed by atoms with van der Waals surface area (Å²) in [4.78, 5) is 24.6. The fraction of sp³-hybridized carbons (Fsp3) is 0.258. The van der Waals surface area contributed by atoms with E-state index in [1.165, 1.54) is 13.3 Å². The van der Waals surface area contributed by atoms with E-state index in [1.807, 2.05) is 24.3 Å².